The Bertz CT molecular complexity index is 465. The molecule has 0 radical (unpaired) electrons. The molecular formula is C12H14Cl2N2OS. The van der Waals surface area contributed by atoms with Gasteiger partial charge in [0.2, 0.25) is 0 Å². The van der Waals surface area contributed by atoms with Crippen LogP contribution in [0.4, 0.5) is 0 Å². The molecule has 2 atom stereocenters. The summed E-state index contributed by atoms with van der Waals surface area (Å²) in [5, 5.41) is 6.63. The Morgan fingerprint density at radius 2 is 2.00 bits per heavy atom. The number of hydrogen-bond acceptors (Lipinski definition) is 3. The van der Waals surface area contributed by atoms with Gasteiger partial charge in [0.05, 0.1) is 9.90 Å². The van der Waals surface area contributed by atoms with E-state index >= 15 is 0 Å². The van der Waals surface area contributed by atoms with Gasteiger partial charge in [0, 0.05) is 18.1 Å². The van der Waals surface area contributed by atoms with Crippen molar-refractivity contribution in [2.75, 3.05) is 0 Å². The maximum Gasteiger partial charge on any atom is 0.253 e. The topological polar surface area (TPSA) is 41.1 Å². The first-order valence-corrected chi connectivity index (χ1v) is 7.71. The van der Waals surface area contributed by atoms with E-state index in [1.165, 1.54) is 24.2 Å². The van der Waals surface area contributed by atoms with Crippen LogP contribution < -0.4 is 10.6 Å². The average molecular weight is 305 g/mol. The zero-order valence-corrected chi connectivity index (χ0v) is 12.0. The Hall–Kier alpha value is -0.290. The van der Waals surface area contributed by atoms with Crippen molar-refractivity contribution in [2.45, 2.75) is 43.8 Å². The molecule has 2 aliphatic rings. The molecular weight excluding hydrogens is 291 g/mol. The van der Waals surface area contributed by atoms with Gasteiger partial charge < -0.3 is 10.6 Å². The minimum atomic E-state index is -0.102. The van der Waals surface area contributed by atoms with E-state index in [2.05, 4.69) is 10.6 Å². The molecule has 2 unspecified atom stereocenters. The molecule has 6 heteroatoms. The van der Waals surface area contributed by atoms with Crippen LogP contribution in [-0.4, -0.2) is 24.0 Å². The molecule has 2 N–H and O–H groups in total. The molecule has 3 heterocycles. The molecule has 0 saturated carbocycles. The van der Waals surface area contributed by atoms with Crippen molar-refractivity contribution in [3.8, 4) is 0 Å². The summed E-state index contributed by atoms with van der Waals surface area (Å²) in [5.74, 6) is -0.102. The van der Waals surface area contributed by atoms with E-state index in [-0.39, 0.29) is 11.9 Å². The minimum absolute atomic E-state index is 0.102. The van der Waals surface area contributed by atoms with Crippen LogP contribution in [-0.2, 0) is 0 Å². The molecule has 98 valence electrons. The van der Waals surface area contributed by atoms with Crippen molar-refractivity contribution in [2.24, 2.45) is 0 Å². The molecule has 18 heavy (non-hydrogen) atoms. The number of halogens is 2. The molecule has 1 amide bonds. The molecule has 1 aromatic rings. The second-order valence-electron chi connectivity index (χ2n) is 5.02. The molecule has 0 spiro atoms. The van der Waals surface area contributed by atoms with Crippen molar-refractivity contribution >= 4 is 40.4 Å². The summed E-state index contributed by atoms with van der Waals surface area (Å²) in [6.45, 7) is 0. The number of carbonyl (C=O) groups excluding carboxylic acids is 1. The molecule has 2 saturated heterocycles. The summed E-state index contributed by atoms with van der Waals surface area (Å²) in [6, 6.07) is 3.02. The molecule has 3 nitrogen and oxygen atoms in total. The number of piperidine rings is 1. The van der Waals surface area contributed by atoms with Crippen LogP contribution in [0.5, 0.6) is 0 Å². The van der Waals surface area contributed by atoms with Crippen molar-refractivity contribution < 1.29 is 4.79 Å². The zero-order chi connectivity index (χ0) is 12.7. The van der Waals surface area contributed by atoms with E-state index in [1.54, 1.807) is 6.07 Å². The first-order chi connectivity index (χ1) is 8.61. The standard InChI is InChI=1S/C12H14Cl2N2OS/c13-10-5-9(11(14)18-10)12(17)16-8-3-6-1-2-7(4-8)15-6/h5-8,15H,1-4H2,(H,16,17). The van der Waals surface area contributed by atoms with Gasteiger partial charge in [-0.05, 0) is 31.7 Å². The van der Waals surface area contributed by atoms with E-state index < -0.39 is 0 Å². The molecule has 0 aromatic carbocycles. The molecule has 3 rings (SSSR count). The van der Waals surface area contributed by atoms with Gasteiger partial charge in [0.1, 0.15) is 4.34 Å². The quantitative estimate of drug-likeness (QED) is 0.881. The minimum Gasteiger partial charge on any atom is -0.349 e. The van der Waals surface area contributed by atoms with Gasteiger partial charge in [-0.15, -0.1) is 11.3 Å². The largest absolute Gasteiger partial charge is 0.349 e. The zero-order valence-electron chi connectivity index (χ0n) is 9.71. The predicted octanol–water partition coefficient (Wildman–Crippen LogP) is 3.07. The highest BCUT2D eigenvalue weighted by atomic mass is 35.5. The number of rotatable bonds is 2. The Kier molecular flexibility index (Phi) is 3.54. The first-order valence-electron chi connectivity index (χ1n) is 6.13. The highest BCUT2D eigenvalue weighted by Gasteiger charge is 2.34. The lowest BCUT2D eigenvalue weighted by atomic mass is 9.99. The highest BCUT2D eigenvalue weighted by Crippen LogP contribution is 2.32. The van der Waals surface area contributed by atoms with E-state index in [0.29, 0.717) is 26.3 Å². The highest BCUT2D eigenvalue weighted by molar-refractivity contribution is 7.20. The average Bonchev–Trinajstić information content (AvgIpc) is 2.81. The van der Waals surface area contributed by atoms with E-state index in [9.17, 15) is 4.79 Å². The Morgan fingerprint density at radius 1 is 1.33 bits per heavy atom. The fourth-order valence-electron chi connectivity index (χ4n) is 2.93. The second kappa shape index (κ2) is 5.00. The lowest BCUT2D eigenvalue weighted by molar-refractivity contribution is 0.0924. The molecule has 2 bridgehead atoms. The lowest BCUT2D eigenvalue weighted by Crippen LogP contribution is -2.48. The summed E-state index contributed by atoms with van der Waals surface area (Å²) in [6.07, 6.45) is 4.47. The fourth-order valence-corrected chi connectivity index (χ4v) is 4.39. The van der Waals surface area contributed by atoms with Gasteiger partial charge >= 0.3 is 0 Å². The fraction of sp³-hybridized carbons (Fsp3) is 0.583. The molecule has 1 aromatic heterocycles. The van der Waals surface area contributed by atoms with Gasteiger partial charge in [0.25, 0.3) is 5.91 Å². The lowest BCUT2D eigenvalue weighted by Gasteiger charge is -2.29. The van der Waals surface area contributed by atoms with Crippen LogP contribution in [0.2, 0.25) is 8.67 Å². The monoisotopic (exact) mass is 304 g/mol. The first kappa shape index (κ1) is 12.7. The van der Waals surface area contributed by atoms with Gasteiger partial charge in [-0.2, -0.15) is 0 Å². The third-order valence-corrected chi connectivity index (χ3v) is 5.20. The molecule has 2 fully saturated rings. The number of thiophene rings is 1. The van der Waals surface area contributed by atoms with E-state index in [0.717, 1.165) is 12.8 Å². The summed E-state index contributed by atoms with van der Waals surface area (Å²) in [5.41, 5.74) is 0.498. The molecule has 0 aliphatic carbocycles. The number of fused-ring (bicyclic) bond motifs is 2. The van der Waals surface area contributed by atoms with Crippen LogP contribution in [0.1, 0.15) is 36.0 Å². The van der Waals surface area contributed by atoms with Crippen LogP contribution in [0, 0.1) is 0 Å². The Morgan fingerprint density at radius 3 is 2.56 bits per heavy atom. The maximum atomic E-state index is 12.1. The number of hydrogen-bond donors (Lipinski definition) is 2. The van der Waals surface area contributed by atoms with E-state index in [1.807, 2.05) is 0 Å². The van der Waals surface area contributed by atoms with E-state index in [4.69, 9.17) is 23.2 Å². The number of amides is 1. The van der Waals surface area contributed by atoms with Crippen LogP contribution in [0.3, 0.4) is 0 Å². The normalized spacial score (nSPS) is 30.4. The van der Waals surface area contributed by atoms with Crippen molar-refractivity contribution in [3.63, 3.8) is 0 Å². The molecule has 2 aliphatic heterocycles. The van der Waals surface area contributed by atoms with Gasteiger partial charge in [-0.25, -0.2) is 0 Å². The second-order valence-corrected chi connectivity index (χ2v) is 7.30. The summed E-state index contributed by atoms with van der Waals surface area (Å²) >= 11 is 13.1. The van der Waals surface area contributed by atoms with Crippen molar-refractivity contribution in [1.29, 1.82) is 0 Å². The van der Waals surface area contributed by atoms with Crippen molar-refractivity contribution in [3.05, 3.63) is 20.3 Å². The smallest absolute Gasteiger partial charge is 0.253 e. The van der Waals surface area contributed by atoms with Crippen LogP contribution in [0.25, 0.3) is 0 Å². The summed E-state index contributed by atoms with van der Waals surface area (Å²) in [4.78, 5) is 12.1. The van der Waals surface area contributed by atoms with Crippen molar-refractivity contribution in [1.82, 2.24) is 10.6 Å². The third-order valence-electron chi connectivity index (χ3n) is 3.71. The Balaban J connectivity index is 1.66. The Labute approximate surface area is 120 Å². The third kappa shape index (κ3) is 2.52. The predicted molar refractivity (Wildman–Crippen MR) is 74.8 cm³/mol. The summed E-state index contributed by atoms with van der Waals surface area (Å²) in [7, 11) is 0. The van der Waals surface area contributed by atoms with Crippen LogP contribution in [0.15, 0.2) is 6.07 Å². The van der Waals surface area contributed by atoms with Gasteiger partial charge in [-0.3, -0.25) is 4.79 Å². The van der Waals surface area contributed by atoms with Gasteiger partial charge in [0.15, 0.2) is 0 Å². The number of carbonyl (C=O) groups is 1. The summed E-state index contributed by atoms with van der Waals surface area (Å²) < 4.78 is 1.02. The number of nitrogens with one attached hydrogen (secondary N) is 2. The van der Waals surface area contributed by atoms with Gasteiger partial charge in [-0.1, -0.05) is 23.2 Å². The van der Waals surface area contributed by atoms with Crippen LogP contribution >= 0.6 is 34.5 Å². The maximum absolute atomic E-state index is 12.1. The SMILES string of the molecule is O=C(NC1CC2CCC(C1)N2)c1cc(Cl)sc1Cl.